The maximum Gasteiger partial charge on any atom is 0.261 e. The van der Waals surface area contributed by atoms with Gasteiger partial charge in [0.15, 0.2) is 0 Å². The molecule has 2 aliphatic heterocycles. The van der Waals surface area contributed by atoms with Crippen molar-refractivity contribution in [2.45, 2.75) is 25.5 Å². The maximum atomic E-state index is 14.4. The minimum Gasteiger partial charge on any atom is -0.370 e. The van der Waals surface area contributed by atoms with E-state index in [2.05, 4.69) is 5.10 Å². The number of ether oxygens (including phenoxy) is 1. The molecule has 0 N–H and O–H groups in total. The molecule has 1 fully saturated rings. The number of anilines is 1. The average Bonchev–Trinajstić information content (AvgIpc) is 3.51. The van der Waals surface area contributed by atoms with Crippen LogP contribution in [0.5, 0.6) is 0 Å². The molecule has 1 saturated heterocycles. The third kappa shape index (κ3) is 3.77. The summed E-state index contributed by atoms with van der Waals surface area (Å²) < 4.78 is 38.1. The van der Waals surface area contributed by atoms with Gasteiger partial charge in [0.05, 0.1) is 23.9 Å². The molecule has 0 spiro atoms. The number of hydrogen-bond donors (Lipinski definition) is 0. The Morgan fingerprint density at radius 1 is 1.14 bits per heavy atom. The van der Waals surface area contributed by atoms with Crippen molar-refractivity contribution in [2.24, 2.45) is 7.05 Å². The van der Waals surface area contributed by atoms with Crippen molar-refractivity contribution >= 4 is 28.3 Å². The van der Waals surface area contributed by atoms with Crippen LogP contribution >= 0.6 is 11.6 Å². The second kappa shape index (κ2) is 8.39. The van der Waals surface area contributed by atoms with Crippen LogP contribution in [0.1, 0.15) is 23.9 Å². The molecule has 6 rings (SSSR count). The lowest BCUT2D eigenvalue weighted by Crippen LogP contribution is -2.39. The zero-order chi connectivity index (χ0) is 24.3. The van der Waals surface area contributed by atoms with E-state index in [4.69, 9.17) is 26.3 Å². The highest BCUT2D eigenvalue weighted by atomic mass is 35.5. The van der Waals surface area contributed by atoms with Crippen molar-refractivity contribution in [3.05, 3.63) is 69.0 Å². The summed E-state index contributed by atoms with van der Waals surface area (Å²) >= 11 is 5.72. The lowest BCUT2D eigenvalue weighted by atomic mass is 10.1. The molecule has 180 valence electrons. The smallest absolute Gasteiger partial charge is 0.261 e. The first-order chi connectivity index (χ1) is 16.9. The maximum absolute atomic E-state index is 14.4. The van der Waals surface area contributed by atoms with E-state index < -0.39 is 16.7 Å². The highest BCUT2D eigenvalue weighted by molar-refractivity contribution is 6.31. The normalized spacial score (nSPS) is 17.8. The molecule has 0 bridgehead atoms. The van der Waals surface area contributed by atoms with Crippen molar-refractivity contribution < 1.29 is 13.5 Å². The summed E-state index contributed by atoms with van der Waals surface area (Å²) in [7, 11) is 1.84. The van der Waals surface area contributed by atoms with Gasteiger partial charge in [-0.05, 0) is 24.6 Å². The van der Waals surface area contributed by atoms with Crippen molar-refractivity contribution in [2.75, 3.05) is 24.6 Å². The van der Waals surface area contributed by atoms with Gasteiger partial charge in [0, 0.05) is 50.4 Å². The summed E-state index contributed by atoms with van der Waals surface area (Å²) in [5.41, 5.74) is 1.48. The molecule has 1 atom stereocenters. The summed E-state index contributed by atoms with van der Waals surface area (Å²) in [6.45, 7) is 2.06. The van der Waals surface area contributed by atoms with E-state index in [-0.39, 0.29) is 22.9 Å². The van der Waals surface area contributed by atoms with E-state index in [1.54, 1.807) is 21.5 Å². The van der Waals surface area contributed by atoms with E-state index in [1.165, 1.54) is 0 Å². The predicted molar refractivity (Wildman–Crippen MR) is 127 cm³/mol. The minimum atomic E-state index is -0.900. The Labute approximate surface area is 203 Å². The van der Waals surface area contributed by atoms with E-state index in [9.17, 15) is 13.6 Å². The molecule has 0 amide bonds. The Kier molecular flexibility index (Phi) is 5.30. The first kappa shape index (κ1) is 22.1. The highest BCUT2D eigenvalue weighted by Crippen LogP contribution is 2.33. The second-order valence-electron chi connectivity index (χ2n) is 8.82. The number of nitrogens with zero attached hydrogens (tertiary/aromatic N) is 6. The van der Waals surface area contributed by atoms with Crippen molar-refractivity contribution in [1.82, 2.24) is 24.3 Å². The number of rotatable bonds is 3. The predicted octanol–water partition coefficient (Wildman–Crippen LogP) is 3.65. The van der Waals surface area contributed by atoms with Crippen LogP contribution < -0.4 is 10.5 Å². The molecule has 0 aliphatic carbocycles. The first-order valence-corrected chi connectivity index (χ1v) is 11.7. The molecule has 5 heterocycles. The van der Waals surface area contributed by atoms with Gasteiger partial charge in [-0.2, -0.15) is 5.10 Å². The molecule has 0 saturated carbocycles. The van der Waals surface area contributed by atoms with Gasteiger partial charge in [-0.3, -0.25) is 14.0 Å². The van der Waals surface area contributed by atoms with Gasteiger partial charge < -0.3 is 9.64 Å². The van der Waals surface area contributed by atoms with Gasteiger partial charge in [0.2, 0.25) is 0 Å². The highest BCUT2D eigenvalue weighted by Gasteiger charge is 2.27. The van der Waals surface area contributed by atoms with Crippen LogP contribution in [-0.4, -0.2) is 44.0 Å². The van der Waals surface area contributed by atoms with Crippen molar-refractivity contribution in [3.8, 4) is 11.3 Å². The van der Waals surface area contributed by atoms with E-state index in [0.717, 1.165) is 24.1 Å². The Morgan fingerprint density at radius 2 is 1.94 bits per heavy atom. The first-order valence-electron chi connectivity index (χ1n) is 11.3. The molecular weight excluding hydrogens is 478 g/mol. The fraction of sp³-hybridized carbons (Fsp3) is 0.333. The fourth-order valence-corrected chi connectivity index (χ4v) is 4.90. The summed E-state index contributed by atoms with van der Waals surface area (Å²) in [5, 5.41) is 3.99. The second-order valence-corrected chi connectivity index (χ2v) is 9.20. The largest absolute Gasteiger partial charge is 0.370 e. The van der Waals surface area contributed by atoms with E-state index >= 15 is 0 Å². The van der Waals surface area contributed by atoms with Crippen LogP contribution in [0.4, 0.5) is 14.6 Å². The molecule has 2 aliphatic rings. The molecule has 0 radical (unpaired) electrons. The molecule has 1 aromatic carbocycles. The molecule has 3 aromatic heterocycles. The van der Waals surface area contributed by atoms with Gasteiger partial charge in [-0.25, -0.2) is 18.7 Å². The van der Waals surface area contributed by atoms with Crippen LogP contribution in [0.3, 0.4) is 0 Å². The lowest BCUT2D eigenvalue weighted by Gasteiger charge is -2.33. The number of fused-ring (bicyclic) bond motifs is 2. The third-order valence-corrected chi connectivity index (χ3v) is 6.89. The monoisotopic (exact) mass is 498 g/mol. The molecule has 8 nitrogen and oxygen atoms in total. The Hall–Kier alpha value is -3.37. The number of aromatic nitrogens is 5. The average molecular weight is 499 g/mol. The number of morpholine rings is 1. The summed E-state index contributed by atoms with van der Waals surface area (Å²) in [6, 6.07) is 3.97. The molecule has 35 heavy (non-hydrogen) atoms. The Balaban J connectivity index is 1.52. The Bertz CT molecular complexity index is 1510. The fourth-order valence-electron chi connectivity index (χ4n) is 4.79. The van der Waals surface area contributed by atoms with Crippen LogP contribution in [0.2, 0.25) is 5.02 Å². The molecule has 4 aromatic rings. The summed E-state index contributed by atoms with van der Waals surface area (Å²) in [4.78, 5) is 24.9. The number of hydrogen-bond acceptors (Lipinski definition) is 6. The van der Waals surface area contributed by atoms with E-state index in [1.807, 2.05) is 18.1 Å². The third-order valence-electron chi connectivity index (χ3n) is 6.53. The number of halogens is 3. The molecule has 11 heteroatoms. The van der Waals surface area contributed by atoms with Gasteiger partial charge in [0.25, 0.3) is 5.56 Å². The lowest BCUT2D eigenvalue weighted by molar-refractivity contribution is 0.0395. The zero-order valence-corrected chi connectivity index (χ0v) is 19.6. The quantitative estimate of drug-likeness (QED) is 0.401. The van der Waals surface area contributed by atoms with Crippen LogP contribution in [0, 0.1) is 11.6 Å². The van der Waals surface area contributed by atoms with Gasteiger partial charge in [-0.1, -0.05) is 11.6 Å². The van der Waals surface area contributed by atoms with Crippen molar-refractivity contribution in [3.63, 3.8) is 0 Å². The number of aryl methyl sites for hydroxylation is 2. The topological polar surface area (TPSA) is 78.1 Å². The standard InChI is InChI=1S/C24H21ClF2N6O2/c1-31-11-14(10-28-31)18-12-32(5-6-35-18)20-9-15-23(29-19-3-2-4-33(19)24(15)34)22(30-20)13-7-16(26)21(25)17(27)8-13/h7-11,18H,2-6,12H2,1H3/t18-/m1/s1. The van der Waals surface area contributed by atoms with Crippen LogP contribution in [-0.2, 0) is 24.8 Å². The van der Waals surface area contributed by atoms with Gasteiger partial charge in [-0.15, -0.1) is 0 Å². The number of pyridine rings is 1. The Morgan fingerprint density at radius 3 is 2.69 bits per heavy atom. The number of benzene rings is 1. The van der Waals surface area contributed by atoms with Crippen molar-refractivity contribution in [1.29, 1.82) is 0 Å². The molecule has 0 unspecified atom stereocenters. The van der Waals surface area contributed by atoms with E-state index in [0.29, 0.717) is 55.2 Å². The van der Waals surface area contributed by atoms with Crippen LogP contribution in [0.25, 0.3) is 22.2 Å². The van der Waals surface area contributed by atoms with Gasteiger partial charge in [0.1, 0.15) is 39.9 Å². The van der Waals surface area contributed by atoms with Gasteiger partial charge >= 0.3 is 0 Å². The zero-order valence-electron chi connectivity index (χ0n) is 18.8. The van der Waals surface area contributed by atoms with Crippen LogP contribution in [0.15, 0.2) is 35.4 Å². The minimum absolute atomic E-state index is 0.170. The molecular formula is C24H21ClF2N6O2. The SMILES string of the molecule is Cn1cc([C@H]2CN(c3cc4c(=O)n5c(nc4c(-c4cc(F)c(Cl)c(F)c4)n3)CCC5)CCO2)cn1. The summed E-state index contributed by atoms with van der Waals surface area (Å²) in [6.07, 6.45) is 4.89. The summed E-state index contributed by atoms with van der Waals surface area (Å²) in [5.74, 6) is -0.639.